The fourth-order valence-electron chi connectivity index (χ4n) is 2.89. The summed E-state index contributed by atoms with van der Waals surface area (Å²) in [6.45, 7) is 0. The maximum atomic E-state index is 12.3. The van der Waals surface area contributed by atoms with E-state index < -0.39 is 0 Å². The molecule has 1 aromatic carbocycles. The normalized spacial score (nSPS) is 14.2. The summed E-state index contributed by atoms with van der Waals surface area (Å²) in [7, 11) is 3.11. The van der Waals surface area contributed by atoms with Gasteiger partial charge in [-0.05, 0) is 25.0 Å². The molecule has 3 rings (SSSR count). The van der Waals surface area contributed by atoms with E-state index in [9.17, 15) is 4.79 Å². The summed E-state index contributed by atoms with van der Waals surface area (Å²) in [4.78, 5) is 20.8. The van der Waals surface area contributed by atoms with Crippen LogP contribution >= 0.6 is 0 Å². The minimum absolute atomic E-state index is 0.278. The van der Waals surface area contributed by atoms with Gasteiger partial charge in [-0.2, -0.15) is 0 Å². The van der Waals surface area contributed by atoms with Crippen LogP contribution in [0.15, 0.2) is 30.6 Å². The predicted molar refractivity (Wildman–Crippen MR) is 95.4 cm³/mol. The number of carbonyl (C=O) groups is 1. The molecule has 1 saturated carbocycles. The van der Waals surface area contributed by atoms with Gasteiger partial charge < -0.3 is 20.1 Å². The number of methoxy groups -OCH3 is 2. The van der Waals surface area contributed by atoms with Crippen molar-refractivity contribution >= 4 is 17.5 Å². The van der Waals surface area contributed by atoms with Crippen LogP contribution in [0, 0.1) is 0 Å². The topological polar surface area (TPSA) is 85.4 Å². The van der Waals surface area contributed by atoms with Crippen LogP contribution in [0.3, 0.4) is 0 Å². The Hall–Kier alpha value is -2.83. The van der Waals surface area contributed by atoms with E-state index in [2.05, 4.69) is 20.6 Å². The maximum Gasteiger partial charge on any atom is 0.258 e. The van der Waals surface area contributed by atoms with E-state index in [1.54, 1.807) is 32.4 Å². The van der Waals surface area contributed by atoms with Crippen molar-refractivity contribution in [3.8, 4) is 11.5 Å². The second-order valence-corrected chi connectivity index (χ2v) is 5.94. The molecule has 0 bridgehead atoms. The number of carbonyl (C=O) groups excluding carboxylic acids is 1. The largest absolute Gasteiger partial charge is 0.493 e. The number of ether oxygens (including phenoxy) is 2. The number of aromatic nitrogens is 2. The molecule has 2 N–H and O–H groups in total. The van der Waals surface area contributed by atoms with Gasteiger partial charge in [0, 0.05) is 30.2 Å². The highest BCUT2D eigenvalue weighted by atomic mass is 16.5. The van der Waals surface area contributed by atoms with E-state index in [1.807, 2.05) is 0 Å². The first kappa shape index (κ1) is 17.0. The van der Waals surface area contributed by atoms with Crippen LogP contribution in [0.4, 0.5) is 11.6 Å². The van der Waals surface area contributed by atoms with Crippen molar-refractivity contribution in [2.75, 3.05) is 24.9 Å². The molecule has 1 heterocycles. The van der Waals surface area contributed by atoms with E-state index in [1.165, 1.54) is 25.2 Å². The zero-order chi connectivity index (χ0) is 17.6. The van der Waals surface area contributed by atoms with Crippen molar-refractivity contribution in [3.63, 3.8) is 0 Å². The molecule has 7 nitrogen and oxygen atoms in total. The number of nitrogens with zero attached hydrogens (tertiary/aromatic N) is 2. The predicted octanol–water partition coefficient (Wildman–Crippen LogP) is 3.10. The van der Waals surface area contributed by atoms with E-state index >= 15 is 0 Å². The number of hydrogen-bond donors (Lipinski definition) is 2. The highest BCUT2D eigenvalue weighted by Crippen LogP contribution is 2.29. The van der Waals surface area contributed by atoms with E-state index in [-0.39, 0.29) is 5.91 Å². The second-order valence-electron chi connectivity index (χ2n) is 5.94. The van der Waals surface area contributed by atoms with Crippen LogP contribution in [0.2, 0.25) is 0 Å². The summed E-state index contributed by atoms with van der Waals surface area (Å²) in [5.41, 5.74) is 1.00. The Morgan fingerprint density at radius 2 is 1.76 bits per heavy atom. The average Bonchev–Trinajstić information content (AvgIpc) is 3.15. The van der Waals surface area contributed by atoms with E-state index in [0.717, 1.165) is 12.8 Å². The molecule has 0 spiro atoms. The zero-order valence-corrected chi connectivity index (χ0v) is 14.4. The Kier molecular flexibility index (Phi) is 5.33. The van der Waals surface area contributed by atoms with Gasteiger partial charge in [-0.3, -0.25) is 4.79 Å². The van der Waals surface area contributed by atoms with Gasteiger partial charge in [-0.15, -0.1) is 0 Å². The molecule has 0 radical (unpaired) electrons. The molecule has 132 valence electrons. The van der Waals surface area contributed by atoms with Crippen molar-refractivity contribution in [2.45, 2.75) is 31.7 Å². The van der Waals surface area contributed by atoms with Crippen molar-refractivity contribution in [3.05, 3.63) is 36.2 Å². The number of benzene rings is 1. The lowest BCUT2D eigenvalue weighted by Gasteiger charge is -2.12. The Morgan fingerprint density at radius 3 is 2.40 bits per heavy atom. The molecular weight excluding hydrogens is 320 g/mol. The van der Waals surface area contributed by atoms with Crippen molar-refractivity contribution < 1.29 is 14.3 Å². The van der Waals surface area contributed by atoms with Crippen molar-refractivity contribution in [1.82, 2.24) is 9.97 Å². The molecule has 1 aromatic heterocycles. The standard InChI is InChI=1S/C18H22N4O3/c1-24-15-8-7-14(9-16(15)25-2)21-17(23)12-10-19-18(20-11-12)22-13-5-3-4-6-13/h7-11,13H,3-6H2,1-2H3,(H,21,23)(H,19,20,22). The molecule has 1 amide bonds. The van der Waals surface area contributed by atoms with Gasteiger partial charge in [-0.1, -0.05) is 12.8 Å². The second kappa shape index (κ2) is 7.83. The van der Waals surface area contributed by atoms with Gasteiger partial charge >= 0.3 is 0 Å². The summed E-state index contributed by atoms with van der Waals surface area (Å²) >= 11 is 0. The number of rotatable bonds is 6. The lowest BCUT2D eigenvalue weighted by Crippen LogP contribution is -2.18. The molecule has 1 aliphatic carbocycles. The molecular formula is C18H22N4O3. The molecule has 2 aromatic rings. The number of nitrogens with one attached hydrogen (secondary N) is 2. The van der Waals surface area contributed by atoms with Crippen LogP contribution in [0.1, 0.15) is 36.0 Å². The highest BCUT2D eigenvalue weighted by molar-refractivity contribution is 6.04. The van der Waals surface area contributed by atoms with E-state index in [0.29, 0.717) is 34.7 Å². The Bertz CT molecular complexity index is 728. The van der Waals surface area contributed by atoms with Gasteiger partial charge in [0.2, 0.25) is 5.95 Å². The third-order valence-electron chi connectivity index (χ3n) is 4.24. The summed E-state index contributed by atoms with van der Waals surface area (Å²) in [5, 5.41) is 6.10. The van der Waals surface area contributed by atoms with Crippen LogP contribution in [0.5, 0.6) is 11.5 Å². The van der Waals surface area contributed by atoms with Gasteiger partial charge in [0.15, 0.2) is 11.5 Å². The summed E-state index contributed by atoms with van der Waals surface area (Å²) in [6.07, 6.45) is 7.82. The molecule has 7 heteroatoms. The zero-order valence-electron chi connectivity index (χ0n) is 14.4. The number of hydrogen-bond acceptors (Lipinski definition) is 6. The van der Waals surface area contributed by atoms with Crippen LogP contribution < -0.4 is 20.1 Å². The number of anilines is 2. The quantitative estimate of drug-likeness (QED) is 0.839. The van der Waals surface area contributed by atoms with Crippen LogP contribution in [0.25, 0.3) is 0 Å². The lowest BCUT2D eigenvalue weighted by atomic mass is 10.2. The van der Waals surface area contributed by atoms with Gasteiger partial charge in [-0.25, -0.2) is 9.97 Å². The Labute approximate surface area is 146 Å². The molecule has 25 heavy (non-hydrogen) atoms. The Balaban J connectivity index is 1.64. The third-order valence-corrected chi connectivity index (χ3v) is 4.24. The van der Waals surface area contributed by atoms with Crippen molar-refractivity contribution in [2.24, 2.45) is 0 Å². The maximum absolute atomic E-state index is 12.3. The van der Waals surface area contributed by atoms with E-state index in [4.69, 9.17) is 9.47 Å². The molecule has 0 aliphatic heterocycles. The minimum Gasteiger partial charge on any atom is -0.493 e. The minimum atomic E-state index is -0.278. The third kappa shape index (κ3) is 4.17. The fraction of sp³-hybridized carbons (Fsp3) is 0.389. The average molecular weight is 342 g/mol. The first-order valence-electron chi connectivity index (χ1n) is 8.31. The molecule has 1 fully saturated rings. The molecule has 0 unspecified atom stereocenters. The van der Waals surface area contributed by atoms with Crippen molar-refractivity contribution in [1.29, 1.82) is 0 Å². The molecule has 1 aliphatic rings. The first-order valence-corrected chi connectivity index (χ1v) is 8.31. The first-order chi connectivity index (χ1) is 12.2. The SMILES string of the molecule is COc1ccc(NC(=O)c2cnc(NC3CCCC3)nc2)cc1OC. The molecule has 0 saturated heterocycles. The Morgan fingerprint density at radius 1 is 1.08 bits per heavy atom. The molecule has 0 atom stereocenters. The van der Waals surface area contributed by atoms with Crippen LogP contribution in [-0.4, -0.2) is 36.1 Å². The smallest absolute Gasteiger partial charge is 0.258 e. The van der Waals surface area contributed by atoms with Crippen LogP contribution in [-0.2, 0) is 0 Å². The summed E-state index contributed by atoms with van der Waals surface area (Å²) in [5.74, 6) is 1.44. The summed E-state index contributed by atoms with van der Waals surface area (Å²) in [6, 6.07) is 5.62. The monoisotopic (exact) mass is 342 g/mol. The highest BCUT2D eigenvalue weighted by Gasteiger charge is 2.16. The number of amides is 1. The fourth-order valence-corrected chi connectivity index (χ4v) is 2.89. The van der Waals surface area contributed by atoms with Gasteiger partial charge in [0.05, 0.1) is 19.8 Å². The van der Waals surface area contributed by atoms with Gasteiger partial charge in [0.25, 0.3) is 5.91 Å². The lowest BCUT2D eigenvalue weighted by molar-refractivity contribution is 0.102. The van der Waals surface area contributed by atoms with Gasteiger partial charge in [0.1, 0.15) is 0 Å². The summed E-state index contributed by atoms with van der Waals surface area (Å²) < 4.78 is 10.4.